The molecular formula is C26H36N2O6. The van der Waals surface area contributed by atoms with Crippen molar-refractivity contribution < 1.29 is 29.0 Å². The van der Waals surface area contributed by atoms with E-state index in [-0.39, 0.29) is 30.9 Å². The van der Waals surface area contributed by atoms with Crippen LogP contribution in [0.4, 0.5) is 0 Å². The third kappa shape index (κ3) is 3.62. The van der Waals surface area contributed by atoms with Crippen molar-refractivity contribution in [2.24, 2.45) is 17.8 Å². The van der Waals surface area contributed by atoms with E-state index in [1.165, 1.54) is 4.90 Å². The fourth-order valence-corrected chi connectivity index (χ4v) is 6.41. The van der Waals surface area contributed by atoms with Crippen LogP contribution in [0.3, 0.4) is 0 Å². The van der Waals surface area contributed by atoms with E-state index in [0.29, 0.717) is 25.8 Å². The normalized spacial score (nSPS) is 32.7. The van der Waals surface area contributed by atoms with Crippen molar-refractivity contribution in [3.63, 3.8) is 0 Å². The van der Waals surface area contributed by atoms with Crippen LogP contribution >= 0.6 is 0 Å². The number of benzene rings is 1. The molecule has 3 heterocycles. The van der Waals surface area contributed by atoms with Gasteiger partial charge in [-0.2, -0.15) is 0 Å². The monoisotopic (exact) mass is 472 g/mol. The second-order valence-electron chi connectivity index (χ2n) is 10.0. The van der Waals surface area contributed by atoms with Crippen molar-refractivity contribution in [2.45, 2.75) is 76.8 Å². The van der Waals surface area contributed by atoms with E-state index in [4.69, 9.17) is 9.47 Å². The van der Waals surface area contributed by atoms with Gasteiger partial charge >= 0.3 is 5.97 Å². The van der Waals surface area contributed by atoms with Crippen molar-refractivity contribution >= 4 is 17.8 Å². The van der Waals surface area contributed by atoms with Crippen LogP contribution in [-0.4, -0.2) is 64.3 Å². The van der Waals surface area contributed by atoms with E-state index in [0.717, 1.165) is 5.56 Å². The van der Waals surface area contributed by atoms with Crippen LogP contribution in [0.5, 0.6) is 0 Å². The molecular weight excluding hydrogens is 436 g/mol. The number of hydrogen-bond donors (Lipinski definition) is 2. The van der Waals surface area contributed by atoms with Crippen LogP contribution < -0.4 is 5.32 Å². The molecule has 3 saturated heterocycles. The Morgan fingerprint density at radius 1 is 1.24 bits per heavy atom. The molecule has 2 amide bonds. The summed E-state index contributed by atoms with van der Waals surface area (Å²) in [6.07, 6.45) is 1.63. The molecule has 1 spiro atoms. The lowest BCUT2D eigenvalue weighted by molar-refractivity contribution is -0.162. The van der Waals surface area contributed by atoms with Gasteiger partial charge in [-0.1, -0.05) is 51.1 Å². The van der Waals surface area contributed by atoms with Gasteiger partial charge in [-0.05, 0) is 37.7 Å². The molecule has 1 aromatic carbocycles. The minimum atomic E-state index is -1.12. The second kappa shape index (κ2) is 9.30. The van der Waals surface area contributed by atoms with Crippen molar-refractivity contribution in [2.75, 3.05) is 13.2 Å². The maximum absolute atomic E-state index is 14.0. The predicted octanol–water partition coefficient (Wildman–Crippen LogP) is 2.04. The van der Waals surface area contributed by atoms with Gasteiger partial charge in [0.05, 0.1) is 30.8 Å². The highest BCUT2D eigenvalue weighted by Gasteiger charge is 2.79. The fourth-order valence-electron chi connectivity index (χ4n) is 6.41. The summed E-state index contributed by atoms with van der Waals surface area (Å²) in [6.45, 7) is 7.75. The number of aliphatic hydroxyl groups excluding tert-OH is 1. The van der Waals surface area contributed by atoms with Crippen LogP contribution in [-0.2, 0) is 30.4 Å². The zero-order chi connectivity index (χ0) is 24.7. The van der Waals surface area contributed by atoms with Gasteiger partial charge in [-0.25, -0.2) is 0 Å². The maximum atomic E-state index is 14.0. The summed E-state index contributed by atoms with van der Waals surface area (Å²) >= 11 is 0. The maximum Gasteiger partial charge on any atom is 0.312 e. The Bertz CT molecular complexity index is 936. The highest BCUT2D eigenvalue weighted by Crippen LogP contribution is 2.64. The number of esters is 1. The number of carbonyl (C=O) groups excluding carboxylic acids is 3. The lowest BCUT2D eigenvalue weighted by atomic mass is 9.65. The molecule has 8 heteroatoms. The van der Waals surface area contributed by atoms with Crippen molar-refractivity contribution in [1.82, 2.24) is 10.2 Å². The molecule has 6 atom stereocenters. The van der Waals surface area contributed by atoms with E-state index in [1.54, 1.807) is 6.92 Å². The van der Waals surface area contributed by atoms with E-state index >= 15 is 0 Å². The van der Waals surface area contributed by atoms with Gasteiger partial charge in [-0.3, -0.25) is 14.4 Å². The number of nitrogens with zero attached hydrogens (tertiary/aromatic N) is 1. The van der Waals surface area contributed by atoms with E-state index in [9.17, 15) is 19.5 Å². The largest absolute Gasteiger partial charge is 0.466 e. The van der Waals surface area contributed by atoms with Gasteiger partial charge in [0.25, 0.3) is 0 Å². The van der Waals surface area contributed by atoms with Gasteiger partial charge in [0.1, 0.15) is 17.6 Å². The van der Waals surface area contributed by atoms with Crippen molar-refractivity contribution in [3.8, 4) is 0 Å². The Kier molecular flexibility index (Phi) is 6.75. The molecule has 3 aliphatic heterocycles. The van der Waals surface area contributed by atoms with E-state index in [2.05, 4.69) is 5.32 Å². The average Bonchev–Trinajstić information content (AvgIpc) is 3.43. The number of rotatable bonds is 9. The summed E-state index contributed by atoms with van der Waals surface area (Å²) in [5.74, 6) is -2.73. The lowest BCUT2D eigenvalue weighted by Gasteiger charge is -2.38. The SMILES string of the molecule is CCOC(=O)[C@H]1[C@H]2C(=O)N([C@@H](CO)C(C)C)C(C(=O)NCc3ccccc3)C23CC[C@]1(CC)O3. The number of fused-ring (bicyclic) bond motifs is 1. The predicted molar refractivity (Wildman–Crippen MR) is 124 cm³/mol. The van der Waals surface area contributed by atoms with Crippen LogP contribution in [0, 0.1) is 17.8 Å². The molecule has 3 aliphatic rings. The highest BCUT2D eigenvalue weighted by atomic mass is 16.6. The molecule has 2 bridgehead atoms. The smallest absolute Gasteiger partial charge is 0.312 e. The number of likely N-dealkylation sites (tertiary alicyclic amines) is 1. The Balaban J connectivity index is 1.75. The molecule has 4 rings (SSSR count). The van der Waals surface area contributed by atoms with Crippen LogP contribution in [0.25, 0.3) is 0 Å². The molecule has 0 saturated carbocycles. The average molecular weight is 473 g/mol. The Morgan fingerprint density at radius 2 is 1.94 bits per heavy atom. The number of nitrogens with one attached hydrogen (secondary N) is 1. The Hall–Kier alpha value is -2.45. The van der Waals surface area contributed by atoms with Gasteiger partial charge in [0, 0.05) is 6.54 Å². The third-order valence-corrected chi connectivity index (χ3v) is 8.03. The molecule has 8 nitrogen and oxygen atoms in total. The first kappa shape index (κ1) is 24.7. The number of ether oxygens (including phenoxy) is 2. The van der Waals surface area contributed by atoms with Crippen LogP contribution in [0.1, 0.15) is 52.5 Å². The van der Waals surface area contributed by atoms with E-state index in [1.807, 2.05) is 51.1 Å². The van der Waals surface area contributed by atoms with Crippen LogP contribution in [0.15, 0.2) is 30.3 Å². The molecule has 3 fully saturated rings. The summed E-state index contributed by atoms with van der Waals surface area (Å²) in [7, 11) is 0. The molecule has 34 heavy (non-hydrogen) atoms. The quantitative estimate of drug-likeness (QED) is 0.533. The van der Waals surface area contributed by atoms with Gasteiger partial charge in [-0.15, -0.1) is 0 Å². The Labute approximate surface area is 201 Å². The zero-order valence-electron chi connectivity index (χ0n) is 20.5. The Morgan fingerprint density at radius 3 is 2.53 bits per heavy atom. The molecule has 0 aliphatic carbocycles. The summed E-state index contributed by atoms with van der Waals surface area (Å²) in [5.41, 5.74) is -0.994. The van der Waals surface area contributed by atoms with Crippen molar-refractivity contribution in [1.29, 1.82) is 0 Å². The first-order valence-corrected chi connectivity index (χ1v) is 12.4. The van der Waals surface area contributed by atoms with Crippen molar-refractivity contribution in [3.05, 3.63) is 35.9 Å². The molecule has 0 aromatic heterocycles. The zero-order valence-corrected chi connectivity index (χ0v) is 20.5. The highest BCUT2D eigenvalue weighted by molar-refractivity contribution is 5.98. The third-order valence-electron chi connectivity index (χ3n) is 8.03. The van der Waals surface area contributed by atoms with Gasteiger partial charge in [0.2, 0.25) is 11.8 Å². The van der Waals surface area contributed by atoms with Gasteiger partial charge < -0.3 is 24.8 Å². The van der Waals surface area contributed by atoms with Crippen LogP contribution in [0.2, 0.25) is 0 Å². The lowest BCUT2D eigenvalue weighted by Crippen LogP contribution is -2.58. The minimum absolute atomic E-state index is 0.0908. The first-order chi connectivity index (χ1) is 16.3. The number of amides is 2. The molecule has 2 unspecified atom stereocenters. The minimum Gasteiger partial charge on any atom is -0.466 e. The number of carbonyl (C=O) groups is 3. The topological polar surface area (TPSA) is 105 Å². The summed E-state index contributed by atoms with van der Waals surface area (Å²) in [5, 5.41) is 13.2. The molecule has 1 aromatic rings. The first-order valence-electron chi connectivity index (χ1n) is 12.4. The molecule has 186 valence electrons. The fraction of sp³-hybridized carbons (Fsp3) is 0.654. The van der Waals surface area contributed by atoms with E-state index < -0.39 is 41.1 Å². The number of aliphatic hydroxyl groups is 1. The molecule has 0 radical (unpaired) electrons. The number of hydrogen-bond acceptors (Lipinski definition) is 6. The molecule has 2 N–H and O–H groups in total. The van der Waals surface area contributed by atoms with Gasteiger partial charge in [0.15, 0.2) is 0 Å². The second-order valence-corrected chi connectivity index (χ2v) is 10.0. The summed E-state index contributed by atoms with van der Waals surface area (Å²) < 4.78 is 12.0. The summed E-state index contributed by atoms with van der Waals surface area (Å²) in [6, 6.07) is 8.06. The standard InChI is InChI=1S/C26H36N2O6/c1-5-25-12-13-26(34-25)19(20(25)24(32)33-6-2)23(31)28(18(15-29)16(3)4)21(26)22(30)27-14-17-10-8-7-9-11-17/h7-11,16,18-21,29H,5-6,12-15H2,1-4H3,(H,27,30)/t18-,19-,20+,21?,25-,26?/m0/s1. The summed E-state index contributed by atoms with van der Waals surface area (Å²) in [4.78, 5) is 42.4.